The second-order valence-corrected chi connectivity index (χ2v) is 4.33. The Bertz CT molecular complexity index is 370. The van der Waals surface area contributed by atoms with E-state index in [9.17, 15) is 0 Å². The fourth-order valence-electron chi connectivity index (χ4n) is 2.41. The van der Waals surface area contributed by atoms with E-state index in [2.05, 4.69) is 11.4 Å². The van der Waals surface area contributed by atoms with Gasteiger partial charge >= 0.3 is 0 Å². The van der Waals surface area contributed by atoms with Gasteiger partial charge in [-0.15, -0.1) is 12.4 Å². The molecule has 0 bridgehead atoms. The molecule has 82 valence electrons. The predicted octanol–water partition coefficient (Wildman–Crippen LogP) is 2.35. The molecule has 1 saturated heterocycles. The van der Waals surface area contributed by atoms with Crippen molar-refractivity contribution >= 4 is 24.0 Å². The molecular formula is C11H13Cl2NO. The van der Waals surface area contributed by atoms with Crippen LogP contribution in [-0.2, 0) is 11.3 Å². The van der Waals surface area contributed by atoms with Crippen LogP contribution in [0.15, 0.2) is 18.2 Å². The van der Waals surface area contributed by atoms with Crippen molar-refractivity contribution in [1.82, 2.24) is 5.32 Å². The molecule has 0 amide bonds. The van der Waals surface area contributed by atoms with E-state index in [0.29, 0.717) is 18.6 Å². The van der Waals surface area contributed by atoms with Gasteiger partial charge in [-0.1, -0.05) is 23.7 Å². The molecule has 1 aromatic rings. The summed E-state index contributed by atoms with van der Waals surface area (Å²) >= 11 is 6.13. The molecule has 3 rings (SSSR count). The van der Waals surface area contributed by atoms with Crippen molar-refractivity contribution in [2.24, 2.45) is 0 Å². The first-order valence-electron chi connectivity index (χ1n) is 4.96. The molecule has 2 aliphatic rings. The van der Waals surface area contributed by atoms with E-state index in [1.54, 1.807) is 0 Å². The van der Waals surface area contributed by atoms with Gasteiger partial charge in [-0.3, -0.25) is 0 Å². The summed E-state index contributed by atoms with van der Waals surface area (Å²) in [6.45, 7) is 2.65. The number of fused-ring (bicyclic) bond motifs is 3. The molecule has 2 atom stereocenters. The van der Waals surface area contributed by atoms with E-state index in [4.69, 9.17) is 16.3 Å². The number of hydrogen-bond acceptors (Lipinski definition) is 2. The third-order valence-corrected chi connectivity index (χ3v) is 3.51. The number of nitrogens with one attached hydrogen (secondary N) is 1. The summed E-state index contributed by atoms with van der Waals surface area (Å²) in [5.74, 6) is 0.498. The molecule has 0 saturated carbocycles. The number of hydrogen-bond donors (Lipinski definition) is 1. The third kappa shape index (κ3) is 1.76. The molecule has 0 aromatic heterocycles. The van der Waals surface area contributed by atoms with Crippen LogP contribution in [0.2, 0.25) is 5.02 Å². The summed E-state index contributed by atoms with van der Waals surface area (Å²) in [5.41, 5.74) is 2.55. The average Bonchev–Trinajstić information content (AvgIpc) is 2.66. The van der Waals surface area contributed by atoms with Crippen LogP contribution < -0.4 is 5.32 Å². The fourth-order valence-corrected chi connectivity index (χ4v) is 2.64. The summed E-state index contributed by atoms with van der Waals surface area (Å²) in [7, 11) is 0. The van der Waals surface area contributed by atoms with Crippen LogP contribution in [0.5, 0.6) is 0 Å². The Morgan fingerprint density at radius 1 is 1.33 bits per heavy atom. The highest BCUT2D eigenvalue weighted by Gasteiger charge is 2.34. The lowest BCUT2D eigenvalue weighted by molar-refractivity contribution is 0.0300. The van der Waals surface area contributed by atoms with E-state index in [1.807, 2.05) is 12.1 Å². The zero-order valence-electron chi connectivity index (χ0n) is 8.20. The fraction of sp³-hybridized carbons (Fsp3) is 0.455. The lowest BCUT2D eigenvalue weighted by Crippen LogP contribution is -2.26. The minimum Gasteiger partial charge on any atom is -0.371 e. The molecule has 0 aliphatic carbocycles. The van der Waals surface area contributed by atoms with E-state index < -0.39 is 0 Å². The lowest BCUT2D eigenvalue weighted by Gasteiger charge is -2.28. The van der Waals surface area contributed by atoms with Gasteiger partial charge in [0.25, 0.3) is 0 Å². The minimum atomic E-state index is 0. The van der Waals surface area contributed by atoms with E-state index in [0.717, 1.165) is 18.1 Å². The molecule has 2 aliphatic heterocycles. The van der Waals surface area contributed by atoms with Crippen molar-refractivity contribution in [1.29, 1.82) is 0 Å². The largest absolute Gasteiger partial charge is 0.371 e. The number of rotatable bonds is 0. The second-order valence-electron chi connectivity index (χ2n) is 3.92. The smallest absolute Gasteiger partial charge is 0.0784 e. The zero-order chi connectivity index (χ0) is 9.54. The van der Waals surface area contributed by atoms with Crippen molar-refractivity contribution in [3.05, 3.63) is 34.3 Å². The van der Waals surface area contributed by atoms with Crippen LogP contribution in [0.1, 0.15) is 17.0 Å². The van der Waals surface area contributed by atoms with Gasteiger partial charge in [0.05, 0.1) is 12.7 Å². The maximum atomic E-state index is 6.13. The maximum absolute atomic E-state index is 6.13. The highest BCUT2D eigenvalue weighted by molar-refractivity contribution is 6.31. The Labute approximate surface area is 100 Å². The number of benzene rings is 1. The molecule has 15 heavy (non-hydrogen) atoms. The van der Waals surface area contributed by atoms with E-state index in [1.165, 1.54) is 11.1 Å². The predicted molar refractivity (Wildman–Crippen MR) is 62.9 cm³/mol. The SMILES string of the molecule is Cl.Clc1cccc2c1CO[C@H]1CNC[C@H]21. The van der Waals surface area contributed by atoms with Crippen LogP contribution >= 0.6 is 24.0 Å². The highest BCUT2D eigenvalue weighted by Crippen LogP contribution is 2.36. The van der Waals surface area contributed by atoms with E-state index in [-0.39, 0.29) is 12.4 Å². The lowest BCUT2D eigenvalue weighted by atomic mass is 9.90. The van der Waals surface area contributed by atoms with Gasteiger partial charge in [-0.25, -0.2) is 0 Å². The van der Waals surface area contributed by atoms with Crippen LogP contribution in [0, 0.1) is 0 Å². The van der Waals surface area contributed by atoms with Crippen molar-refractivity contribution in [2.75, 3.05) is 13.1 Å². The minimum absolute atomic E-state index is 0. The van der Waals surface area contributed by atoms with Crippen molar-refractivity contribution < 1.29 is 4.74 Å². The second kappa shape index (κ2) is 4.30. The monoisotopic (exact) mass is 245 g/mol. The first-order chi connectivity index (χ1) is 6.86. The zero-order valence-corrected chi connectivity index (χ0v) is 9.77. The Kier molecular flexibility index (Phi) is 3.21. The first-order valence-corrected chi connectivity index (χ1v) is 5.33. The van der Waals surface area contributed by atoms with Gasteiger partial charge in [-0.2, -0.15) is 0 Å². The molecule has 2 nitrogen and oxygen atoms in total. The van der Waals surface area contributed by atoms with Crippen LogP contribution in [0.25, 0.3) is 0 Å². The molecule has 0 spiro atoms. The van der Waals surface area contributed by atoms with E-state index >= 15 is 0 Å². The van der Waals surface area contributed by atoms with Gasteiger partial charge in [0, 0.05) is 24.0 Å². The van der Waals surface area contributed by atoms with Crippen LogP contribution in [0.3, 0.4) is 0 Å². The summed E-state index contributed by atoms with van der Waals surface area (Å²) in [5, 5.41) is 4.20. The highest BCUT2D eigenvalue weighted by atomic mass is 35.5. The molecular weight excluding hydrogens is 233 g/mol. The Morgan fingerprint density at radius 2 is 2.20 bits per heavy atom. The average molecular weight is 246 g/mol. The van der Waals surface area contributed by atoms with Crippen LogP contribution in [-0.4, -0.2) is 19.2 Å². The summed E-state index contributed by atoms with van der Waals surface area (Å²) < 4.78 is 5.76. The maximum Gasteiger partial charge on any atom is 0.0784 e. The molecule has 4 heteroatoms. The van der Waals surface area contributed by atoms with Gasteiger partial charge in [0.15, 0.2) is 0 Å². The van der Waals surface area contributed by atoms with Gasteiger partial charge in [0.1, 0.15) is 0 Å². The number of halogens is 2. The Balaban J connectivity index is 0.000000853. The number of ether oxygens (including phenoxy) is 1. The Hall–Kier alpha value is -0.280. The van der Waals surface area contributed by atoms with Crippen molar-refractivity contribution in [3.8, 4) is 0 Å². The molecule has 0 unspecified atom stereocenters. The Morgan fingerprint density at radius 3 is 3.07 bits per heavy atom. The third-order valence-electron chi connectivity index (χ3n) is 3.15. The molecule has 1 fully saturated rings. The molecule has 0 radical (unpaired) electrons. The summed E-state index contributed by atoms with van der Waals surface area (Å²) in [6.07, 6.45) is 0.348. The van der Waals surface area contributed by atoms with Gasteiger partial charge < -0.3 is 10.1 Å². The topological polar surface area (TPSA) is 21.3 Å². The van der Waals surface area contributed by atoms with Crippen molar-refractivity contribution in [3.63, 3.8) is 0 Å². The summed E-state index contributed by atoms with van der Waals surface area (Å²) in [6, 6.07) is 6.14. The van der Waals surface area contributed by atoms with Gasteiger partial charge in [0.2, 0.25) is 0 Å². The molecule has 1 aromatic carbocycles. The molecule has 2 heterocycles. The molecule has 1 N–H and O–H groups in total. The first kappa shape index (κ1) is 11.2. The standard InChI is InChI=1S/C11H12ClNO.ClH/c12-10-3-1-2-7-8-4-13-5-11(8)14-6-9(7)10;/h1-3,8,11,13H,4-6H2;1H/t8-,11+;/m1./s1. The van der Waals surface area contributed by atoms with Crippen molar-refractivity contribution in [2.45, 2.75) is 18.6 Å². The quantitative estimate of drug-likeness (QED) is 0.758. The van der Waals surface area contributed by atoms with Crippen LogP contribution in [0.4, 0.5) is 0 Å². The summed E-state index contributed by atoms with van der Waals surface area (Å²) in [4.78, 5) is 0. The van der Waals surface area contributed by atoms with Gasteiger partial charge in [-0.05, 0) is 17.2 Å². The normalized spacial score (nSPS) is 27.8.